The first-order valence-electron chi connectivity index (χ1n) is 16.1. The van der Waals surface area contributed by atoms with Crippen molar-refractivity contribution in [1.82, 2.24) is 19.9 Å². The Morgan fingerprint density at radius 1 is 0.592 bits per heavy atom. The van der Waals surface area contributed by atoms with Crippen molar-refractivity contribution in [2.24, 2.45) is 0 Å². The molecular formula is C43H36IrN4O-2. The topological polar surface area (TPSA) is 64.7 Å². The standard InChI is InChI=1S/C29H22N3O.C14H14N.Ir/c1-16-12-26-20(10-8-18(3)31-26)13-24(16)25-14-27(30-15-17(25)2)23-7-5-6-21-22-11-9-19(4)32-29(22)33-28(21)23;1-10-4-6-13(7-5-10)14-8-11(2)12(3)9-15-14;/h5-6,8-15H,1-4H3;4-6,8-9H,1-3H3;/q2*-1;. The molecule has 5 aromatic heterocycles. The Kier molecular flexibility index (Phi) is 9.56. The van der Waals surface area contributed by atoms with Crippen LogP contribution in [0, 0.1) is 60.6 Å². The summed E-state index contributed by atoms with van der Waals surface area (Å²) in [5, 5.41) is 3.16. The van der Waals surface area contributed by atoms with Gasteiger partial charge in [-0.3, -0.25) is 4.98 Å². The second-order valence-electron chi connectivity index (χ2n) is 12.6. The van der Waals surface area contributed by atoms with E-state index < -0.39 is 0 Å². The maximum Gasteiger partial charge on any atom is 0.216 e. The molecule has 0 amide bonds. The SMILES string of the molecule is Cc1c[c-]c(-c2cc(C)c(C)cn2)cc1.Cc1ccc2cc(-c3cc(-c4[c-]ccc5c4oc4nc(C)ccc45)ncc3C)c(C)cc2n1.[Ir]. The third kappa shape index (κ3) is 6.80. The van der Waals surface area contributed by atoms with Crippen LogP contribution in [0.25, 0.3) is 66.6 Å². The molecule has 0 bridgehead atoms. The fraction of sp³-hybridized carbons (Fsp3) is 0.163. The van der Waals surface area contributed by atoms with E-state index in [-0.39, 0.29) is 20.1 Å². The molecule has 3 aromatic carbocycles. The van der Waals surface area contributed by atoms with Gasteiger partial charge in [0.05, 0.1) is 11.1 Å². The molecule has 0 saturated carbocycles. The molecule has 1 radical (unpaired) electrons. The molecule has 6 heteroatoms. The predicted octanol–water partition coefficient (Wildman–Crippen LogP) is 10.8. The fourth-order valence-electron chi connectivity index (χ4n) is 5.96. The van der Waals surface area contributed by atoms with Gasteiger partial charge in [-0.05, 0) is 111 Å². The molecule has 0 saturated heterocycles. The molecule has 0 aliphatic carbocycles. The average Bonchev–Trinajstić information content (AvgIpc) is 3.44. The molecule has 0 atom stereocenters. The average molecular weight is 817 g/mol. The fourth-order valence-corrected chi connectivity index (χ4v) is 5.96. The number of hydrogen-bond acceptors (Lipinski definition) is 5. The number of rotatable bonds is 3. The van der Waals surface area contributed by atoms with Crippen LogP contribution in [0.2, 0.25) is 0 Å². The van der Waals surface area contributed by atoms with Crippen LogP contribution < -0.4 is 0 Å². The van der Waals surface area contributed by atoms with Crippen LogP contribution in [0.1, 0.15) is 39.2 Å². The van der Waals surface area contributed by atoms with E-state index in [0.717, 1.165) is 72.3 Å². The van der Waals surface area contributed by atoms with Gasteiger partial charge in [-0.15, -0.1) is 53.6 Å². The quantitative estimate of drug-likeness (QED) is 0.166. The largest absolute Gasteiger partial charge is 0.486 e. The Hall–Kier alpha value is -5.03. The number of fused-ring (bicyclic) bond motifs is 4. The van der Waals surface area contributed by atoms with Gasteiger partial charge in [0.2, 0.25) is 5.71 Å². The van der Waals surface area contributed by atoms with Crippen molar-refractivity contribution in [3.63, 3.8) is 0 Å². The smallest absolute Gasteiger partial charge is 0.216 e. The zero-order valence-electron chi connectivity index (χ0n) is 28.7. The summed E-state index contributed by atoms with van der Waals surface area (Å²) in [6.07, 6.45) is 3.85. The van der Waals surface area contributed by atoms with Gasteiger partial charge in [-0.1, -0.05) is 41.6 Å². The minimum Gasteiger partial charge on any atom is -0.486 e. The summed E-state index contributed by atoms with van der Waals surface area (Å²) >= 11 is 0. The first kappa shape index (κ1) is 33.9. The molecule has 49 heavy (non-hydrogen) atoms. The first-order chi connectivity index (χ1) is 23.1. The molecule has 5 nitrogen and oxygen atoms in total. The Labute approximate surface area is 300 Å². The second kappa shape index (κ2) is 13.8. The van der Waals surface area contributed by atoms with E-state index in [1.807, 2.05) is 50.5 Å². The summed E-state index contributed by atoms with van der Waals surface area (Å²) in [5.74, 6) is 0. The number of nitrogens with zero attached hydrogens (tertiary/aromatic N) is 4. The van der Waals surface area contributed by atoms with Crippen LogP contribution in [-0.2, 0) is 20.1 Å². The van der Waals surface area contributed by atoms with E-state index in [2.05, 4.69) is 116 Å². The third-order valence-electron chi connectivity index (χ3n) is 8.88. The number of aryl methyl sites for hydroxylation is 7. The molecular weight excluding hydrogens is 781 g/mol. The van der Waals surface area contributed by atoms with E-state index >= 15 is 0 Å². The molecule has 5 heterocycles. The second-order valence-corrected chi connectivity index (χ2v) is 12.6. The summed E-state index contributed by atoms with van der Waals surface area (Å²) in [6, 6.07) is 33.6. The van der Waals surface area contributed by atoms with E-state index in [1.165, 1.54) is 27.8 Å². The zero-order valence-corrected chi connectivity index (χ0v) is 31.1. The summed E-state index contributed by atoms with van der Waals surface area (Å²) in [7, 11) is 0. The summed E-state index contributed by atoms with van der Waals surface area (Å²) < 4.78 is 6.20. The third-order valence-corrected chi connectivity index (χ3v) is 8.88. The van der Waals surface area contributed by atoms with Gasteiger partial charge < -0.3 is 14.4 Å². The zero-order chi connectivity index (χ0) is 33.5. The minimum atomic E-state index is 0. The van der Waals surface area contributed by atoms with Crippen LogP contribution in [0.3, 0.4) is 0 Å². The van der Waals surface area contributed by atoms with Crippen molar-refractivity contribution >= 4 is 33.0 Å². The van der Waals surface area contributed by atoms with Gasteiger partial charge in [0.1, 0.15) is 0 Å². The minimum absolute atomic E-state index is 0. The van der Waals surface area contributed by atoms with Gasteiger partial charge in [0.15, 0.2) is 0 Å². The molecule has 0 spiro atoms. The van der Waals surface area contributed by atoms with Crippen LogP contribution in [0.15, 0.2) is 95.7 Å². The molecule has 0 aliphatic heterocycles. The van der Waals surface area contributed by atoms with Crippen LogP contribution in [-0.4, -0.2) is 19.9 Å². The van der Waals surface area contributed by atoms with Gasteiger partial charge in [0.25, 0.3) is 0 Å². The summed E-state index contributed by atoms with van der Waals surface area (Å²) in [4.78, 5) is 18.4. The summed E-state index contributed by atoms with van der Waals surface area (Å²) in [5.41, 5.74) is 16.5. The van der Waals surface area contributed by atoms with Crippen molar-refractivity contribution < 1.29 is 24.5 Å². The van der Waals surface area contributed by atoms with Crippen molar-refractivity contribution in [2.45, 2.75) is 48.5 Å². The van der Waals surface area contributed by atoms with E-state index in [0.29, 0.717) is 5.71 Å². The number of hydrogen-bond donors (Lipinski definition) is 0. The Morgan fingerprint density at radius 3 is 2.10 bits per heavy atom. The summed E-state index contributed by atoms with van der Waals surface area (Å²) in [6.45, 7) is 14.5. The van der Waals surface area contributed by atoms with Crippen LogP contribution in [0.4, 0.5) is 0 Å². The molecule has 0 unspecified atom stereocenters. The molecule has 0 fully saturated rings. The molecule has 245 valence electrons. The van der Waals surface area contributed by atoms with Crippen molar-refractivity contribution in [1.29, 1.82) is 0 Å². The maximum absolute atomic E-state index is 6.20. The Morgan fingerprint density at radius 2 is 1.33 bits per heavy atom. The Balaban J connectivity index is 0.000000220. The number of aromatic nitrogens is 4. The van der Waals surface area contributed by atoms with E-state index in [1.54, 1.807) is 0 Å². The van der Waals surface area contributed by atoms with Crippen molar-refractivity contribution in [3.8, 4) is 33.6 Å². The normalized spacial score (nSPS) is 11.0. The van der Waals surface area contributed by atoms with E-state index in [4.69, 9.17) is 9.40 Å². The molecule has 8 aromatic rings. The number of furan rings is 1. The monoisotopic (exact) mass is 817 g/mol. The van der Waals surface area contributed by atoms with Gasteiger partial charge >= 0.3 is 0 Å². The van der Waals surface area contributed by atoms with Gasteiger partial charge in [0, 0.05) is 54.7 Å². The van der Waals surface area contributed by atoms with Crippen LogP contribution >= 0.6 is 0 Å². The van der Waals surface area contributed by atoms with Crippen LogP contribution in [0.5, 0.6) is 0 Å². The van der Waals surface area contributed by atoms with E-state index in [9.17, 15) is 0 Å². The van der Waals surface area contributed by atoms with Crippen molar-refractivity contribution in [2.75, 3.05) is 0 Å². The van der Waals surface area contributed by atoms with Gasteiger partial charge in [-0.25, -0.2) is 4.98 Å². The van der Waals surface area contributed by atoms with Crippen molar-refractivity contribution in [3.05, 3.63) is 143 Å². The predicted molar refractivity (Wildman–Crippen MR) is 196 cm³/mol. The molecule has 0 aliphatic rings. The molecule has 0 N–H and O–H groups in total. The Bertz CT molecular complexity index is 2480. The number of pyridine rings is 4. The number of benzene rings is 3. The molecule has 8 rings (SSSR count). The maximum atomic E-state index is 6.20. The van der Waals surface area contributed by atoms with Gasteiger partial charge in [-0.2, -0.15) is 0 Å². The first-order valence-corrected chi connectivity index (χ1v) is 16.1.